The van der Waals surface area contributed by atoms with Crippen molar-refractivity contribution < 1.29 is 9.59 Å². The Morgan fingerprint density at radius 3 is 2.00 bits per heavy atom. The summed E-state index contributed by atoms with van der Waals surface area (Å²) in [6.45, 7) is 12.4. The first kappa shape index (κ1) is 22.7. The molecule has 156 valence electrons. The monoisotopic (exact) mass is 394 g/mol. The van der Waals surface area contributed by atoms with Crippen LogP contribution < -0.4 is 5.32 Å². The molecular weight excluding hydrogens is 360 g/mol. The minimum absolute atomic E-state index is 0.0265. The number of carbonyl (C=O) groups excluding carboxylic acids is 2. The van der Waals surface area contributed by atoms with E-state index < -0.39 is 6.04 Å². The summed E-state index contributed by atoms with van der Waals surface area (Å²) in [6, 6.07) is 13.9. The van der Waals surface area contributed by atoms with Gasteiger partial charge in [-0.05, 0) is 52.2 Å². The minimum atomic E-state index is -0.489. The molecule has 0 aliphatic rings. The van der Waals surface area contributed by atoms with Gasteiger partial charge in [0.2, 0.25) is 11.8 Å². The van der Waals surface area contributed by atoms with E-state index in [-0.39, 0.29) is 17.9 Å². The molecule has 0 spiro atoms. The minimum Gasteiger partial charge on any atom is -0.352 e. The van der Waals surface area contributed by atoms with E-state index in [0.29, 0.717) is 19.4 Å². The second-order valence-corrected chi connectivity index (χ2v) is 8.27. The summed E-state index contributed by atoms with van der Waals surface area (Å²) in [7, 11) is 0. The summed E-state index contributed by atoms with van der Waals surface area (Å²) in [5.41, 5.74) is 5.47. The Morgan fingerprint density at radius 1 is 0.897 bits per heavy atom. The van der Waals surface area contributed by atoms with E-state index in [0.717, 1.165) is 22.3 Å². The second-order valence-electron chi connectivity index (χ2n) is 8.27. The Bertz CT molecular complexity index is 820. The first-order valence-electron chi connectivity index (χ1n) is 10.4. The molecule has 1 N–H and O–H groups in total. The third kappa shape index (κ3) is 6.74. The maximum Gasteiger partial charge on any atom is 0.243 e. The highest BCUT2D eigenvalue weighted by molar-refractivity contribution is 5.88. The first-order chi connectivity index (χ1) is 13.7. The molecule has 2 aromatic rings. The van der Waals surface area contributed by atoms with Gasteiger partial charge < -0.3 is 10.2 Å². The third-order valence-electron chi connectivity index (χ3n) is 4.93. The predicted octanol–water partition coefficient (Wildman–Crippen LogP) is 4.49. The zero-order chi connectivity index (χ0) is 21.6. The van der Waals surface area contributed by atoms with Gasteiger partial charge in [0.25, 0.3) is 0 Å². The Kier molecular flexibility index (Phi) is 8.00. The van der Waals surface area contributed by atoms with Gasteiger partial charge in [-0.15, -0.1) is 0 Å². The van der Waals surface area contributed by atoms with Crippen LogP contribution in [0.15, 0.2) is 42.5 Å². The van der Waals surface area contributed by atoms with E-state index in [2.05, 4.69) is 11.4 Å². The van der Waals surface area contributed by atoms with Gasteiger partial charge in [-0.25, -0.2) is 0 Å². The van der Waals surface area contributed by atoms with Crippen LogP contribution in [0.5, 0.6) is 0 Å². The number of rotatable bonds is 8. The topological polar surface area (TPSA) is 49.4 Å². The van der Waals surface area contributed by atoms with Crippen molar-refractivity contribution in [3.63, 3.8) is 0 Å². The van der Waals surface area contributed by atoms with Gasteiger partial charge in [0.05, 0.1) is 6.42 Å². The number of hydrogen-bond donors (Lipinski definition) is 1. The largest absolute Gasteiger partial charge is 0.352 e. The van der Waals surface area contributed by atoms with Crippen molar-refractivity contribution in [2.45, 2.75) is 73.0 Å². The van der Waals surface area contributed by atoms with Crippen molar-refractivity contribution in [2.75, 3.05) is 0 Å². The Balaban J connectivity index is 2.31. The number of benzene rings is 2. The summed E-state index contributed by atoms with van der Waals surface area (Å²) < 4.78 is 0. The molecule has 4 heteroatoms. The van der Waals surface area contributed by atoms with Crippen LogP contribution in [0.4, 0.5) is 0 Å². The van der Waals surface area contributed by atoms with Crippen LogP contribution in [0, 0.1) is 20.8 Å². The number of nitrogens with zero attached hydrogens (tertiary/aromatic N) is 1. The standard InChI is InChI=1S/C25H34N2O2/c1-7-23(25(29)26-17(2)3)27(16-21-10-8-18(4)9-11-21)24(28)15-22-13-19(5)12-20(6)14-22/h8-14,17,23H,7,15-16H2,1-6H3,(H,26,29)/t23-/m1/s1. The number of nitrogens with one attached hydrogen (secondary N) is 1. The Labute approximate surface area is 175 Å². The fourth-order valence-corrected chi connectivity index (χ4v) is 3.64. The smallest absolute Gasteiger partial charge is 0.243 e. The predicted molar refractivity (Wildman–Crippen MR) is 119 cm³/mol. The molecule has 2 rings (SSSR count). The van der Waals surface area contributed by atoms with Gasteiger partial charge in [-0.3, -0.25) is 9.59 Å². The van der Waals surface area contributed by atoms with Gasteiger partial charge >= 0.3 is 0 Å². The highest BCUT2D eigenvalue weighted by Crippen LogP contribution is 2.17. The van der Waals surface area contributed by atoms with Crippen LogP contribution in [-0.2, 0) is 22.6 Å². The van der Waals surface area contributed by atoms with E-state index in [1.165, 1.54) is 5.56 Å². The van der Waals surface area contributed by atoms with Gasteiger partial charge in [-0.2, -0.15) is 0 Å². The van der Waals surface area contributed by atoms with Crippen LogP contribution in [0.2, 0.25) is 0 Å². The number of aryl methyl sites for hydroxylation is 3. The molecule has 2 amide bonds. The van der Waals surface area contributed by atoms with Crippen LogP contribution >= 0.6 is 0 Å². The van der Waals surface area contributed by atoms with Crippen LogP contribution in [0.25, 0.3) is 0 Å². The number of carbonyl (C=O) groups is 2. The van der Waals surface area contributed by atoms with Crippen molar-refractivity contribution in [3.8, 4) is 0 Å². The van der Waals surface area contributed by atoms with Gasteiger partial charge in [0.1, 0.15) is 6.04 Å². The molecular formula is C25H34N2O2. The lowest BCUT2D eigenvalue weighted by molar-refractivity contribution is -0.141. The molecule has 29 heavy (non-hydrogen) atoms. The van der Waals surface area contributed by atoms with Gasteiger partial charge in [0.15, 0.2) is 0 Å². The van der Waals surface area contributed by atoms with Gasteiger partial charge in [0, 0.05) is 12.6 Å². The lowest BCUT2D eigenvalue weighted by atomic mass is 10.0. The molecule has 4 nitrogen and oxygen atoms in total. The van der Waals surface area contributed by atoms with Crippen molar-refractivity contribution in [3.05, 3.63) is 70.3 Å². The molecule has 0 fully saturated rings. The first-order valence-corrected chi connectivity index (χ1v) is 10.4. The van der Waals surface area contributed by atoms with Crippen LogP contribution in [0.1, 0.15) is 55.0 Å². The van der Waals surface area contributed by atoms with Gasteiger partial charge in [-0.1, -0.05) is 66.1 Å². The van der Waals surface area contributed by atoms with E-state index in [9.17, 15) is 9.59 Å². The third-order valence-corrected chi connectivity index (χ3v) is 4.93. The second kappa shape index (κ2) is 10.2. The lowest BCUT2D eigenvalue weighted by Crippen LogP contribution is -2.50. The summed E-state index contributed by atoms with van der Waals surface area (Å²) in [4.78, 5) is 27.9. The number of hydrogen-bond acceptors (Lipinski definition) is 2. The summed E-state index contributed by atoms with van der Waals surface area (Å²) in [6.07, 6.45) is 0.864. The molecule has 0 heterocycles. The molecule has 0 aliphatic carbocycles. The fourth-order valence-electron chi connectivity index (χ4n) is 3.64. The zero-order valence-electron chi connectivity index (χ0n) is 18.6. The average molecular weight is 395 g/mol. The van der Waals surface area contributed by atoms with Crippen molar-refractivity contribution in [1.82, 2.24) is 10.2 Å². The van der Waals surface area contributed by atoms with Crippen molar-refractivity contribution in [1.29, 1.82) is 0 Å². The lowest BCUT2D eigenvalue weighted by Gasteiger charge is -2.31. The fraction of sp³-hybridized carbons (Fsp3) is 0.440. The van der Waals surface area contributed by atoms with Crippen molar-refractivity contribution >= 4 is 11.8 Å². The summed E-state index contributed by atoms with van der Waals surface area (Å²) in [5.74, 6) is -0.121. The molecule has 0 bridgehead atoms. The SMILES string of the molecule is CC[C@H](C(=O)NC(C)C)N(Cc1ccc(C)cc1)C(=O)Cc1cc(C)cc(C)c1. The molecule has 0 aliphatic heterocycles. The van der Waals surface area contributed by atoms with E-state index in [1.807, 2.05) is 77.9 Å². The summed E-state index contributed by atoms with van der Waals surface area (Å²) >= 11 is 0. The van der Waals surface area contributed by atoms with Crippen LogP contribution in [-0.4, -0.2) is 28.8 Å². The quantitative estimate of drug-likeness (QED) is 0.717. The normalized spacial score (nSPS) is 12.0. The Morgan fingerprint density at radius 2 is 1.48 bits per heavy atom. The molecule has 0 saturated carbocycles. The van der Waals surface area contributed by atoms with E-state index >= 15 is 0 Å². The van der Waals surface area contributed by atoms with E-state index in [1.54, 1.807) is 4.90 Å². The Hall–Kier alpha value is -2.62. The molecule has 1 atom stereocenters. The molecule has 0 radical (unpaired) electrons. The molecule has 0 unspecified atom stereocenters. The highest BCUT2D eigenvalue weighted by Gasteiger charge is 2.29. The zero-order valence-corrected chi connectivity index (χ0v) is 18.6. The summed E-state index contributed by atoms with van der Waals surface area (Å²) in [5, 5.41) is 2.97. The maximum absolute atomic E-state index is 13.3. The molecule has 0 aromatic heterocycles. The molecule has 2 aromatic carbocycles. The number of amides is 2. The van der Waals surface area contributed by atoms with Crippen LogP contribution in [0.3, 0.4) is 0 Å². The van der Waals surface area contributed by atoms with Crippen molar-refractivity contribution in [2.24, 2.45) is 0 Å². The van der Waals surface area contributed by atoms with E-state index in [4.69, 9.17) is 0 Å². The molecule has 0 saturated heterocycles. The maximum atomic E-state index is 13.3. The average Bonchev–Trinajstić information content (AvgIpc) is 2.61. The highest BCUT2D eigenvalue weighted by atomic mass is 16.2.